The van der Waals surface area contributed by atoms with E-state index < -0.39 is 22.3 Å². The fourth-order valence-electron chi connectivity index (χ4n) is 2.59. The normalized spacial score (nSPS) is 10.8. The molecular weight excluding hydrogens is 378 g/mol. The molecule has 0 fully saturated rings. The second kappa shape index (κ2) is 8.65. The summed E-state index contributed by atoms with van der Waals surface area (Å²) >= 11 is 0. The minimum atomic E-state index is -0.737. The molecule has 1 aromatic heterocycles. The zero-order valence-corrected chi connectivity index (χ0v) is 15.3. The third-order valence-corrected chi connectivity index (χ3v) is 3.99. The molecule has 1 heterocycles. The van der Waals surface area contributed by atoms with E-state index in [0.29, 0.717) is 12.1 Å². The fraction of sp³-hybridized carbons (Fsp3) is 0.105. The first-order valence-corrected chi connectivity index (χ1v) is 8.43. The van der Waals surface area contributed by atoms with Crippen LogP contribution in [0.25, 0.3) is 0 Å². The first-order chi connectivity index (χ1) is 14.0. The van der Waals surface area contributed by atoms with Crippen LogP contribution in [-0.2, 0) is 6.54 Å². The number of benzene rings is 2. The number of hydrogen-bond acceptors (Lipinski definition) is 7. The third-order valence-electron chi connectivity index (χ3n) is 3.99. The highest BCUT2D eigenvalue weighted by atomic mass is 16.6. The van der Waals surface area contributed by atoms with Crippen molar-refractivity contribution in [2.75, 3.05) is 7.11 Å². The van der Waals surface area contributed by atoms with E-state index in [4.69, 9.17) is 4.74 Å². The van der Waals surface area contributed by atoms with Crippen LogP contribution in [0.3, 0.4) is 0 Å². The highest BCUT2D eigenvalue weighted by Gasteiger charge is 2.18. The van der Waals surface area contributed by atoms with Gasteiger partial charge in [-0.05, 0) is 29.8 Å². The zero-order valence-electron chi connectivity index (χ0n) is 15.3. The van der Waals surface area contributed by atoms with Gasteiger partial charge in [0.1, 0.15) is 5.75 Å². The van der Waals surface area contributed by atoms with Crippen molar-refractivity contribution < 1.29 is 19.6 Å². The van der Waals surface area contributed by atoms with Crippen molar-refractivity contribution in [1.82, 2.24) is 15.2 Å². The Morgan fingerprint density at radius 1 is 1.38 bits per heavy atom. The van der Waals surface area contributed by atoms with E-state index in [1.165, 1.54) is 13.2 Å². The van der Waals surface area contributed by atoms with E-state index in [2.05, 4.69) is 15.6 Å². The van der Waals surface area contributed by atoms with Crippen LogP contribution < -0.4 is 10.2 Å². The van der Waals surface area contributed by atoms with Gasteiger partial charge in [-0.3, -0.25) is 19.6 Å². The van der Waals surface area contributed by atoms with Crippen molar-refractivity contribution in [3.8, 4) is 11.5 Å². The summed E-state index contributed by atoms with van der Waals surface area (Å²) < 4.78 is 6.71. The van der Waals surface area contributed by atoms with Crippen molar-refractivity contribution in [2.24, 2.45) is 5.10 Å². The number of carbonyl (C=O) groups is 1. The molecule has 0 saturated heterocycles. The van der Waals surface area contributed by atoms with Crippen molar-refractivity contribution in [3.05, 3.63) is 81.7 Å². The molecule has 2 aromatic carbocycles. The summed E-state index contributed by atoms with van der Waals surface area (Å²) in [5.74, 6) is -0.871. The van der Waals surface area contributed by atoms with Crippen molar-refractivity contribution in [2.45, 2.75) is 6.54 Å². The van der Waals surface area contributed by atoms with Crippen LogP contribution in [0.15, 0.2) is 60.0 Å². The summed E-state index contributed by atoms with van der Waals surface area (Å²) in [5, 5.41) is 28.9. The SMILES string of the molecule is COc1cc(/C=N\NC(=O)c2cccc(Cn3cccn3)c2)c(O)c([N+](=O)[O-])c1. The van der Waals surface area contributed by atoms with Crippen LogP contribution in [0.5, 0.6) is 11.5 Å². The third kappa shape index (κ3) is 4.75. The average molecular weight is 395 g/mol. The molecule has 0 atom stereocenters. The molecule has 29 heavy (non-hydrogen) atoms. The van der Waals surface area contributed by atoms with E-state index in [9.17, 15) is 20.0 Å². The molecule has 2 N–H and O–H groups in total. The standard InChI is InChI=1S/C19H17N5O5/c1-29-16-9-15(18(25)17(10-16)24(27)28)11-20-22-19(26)14-5-2-4-13(8-14)12-23-7-3-6-21-23/h2-11,25H,12H2,1H3,(H,22,26)/b20-11-. The number of aromatic hydroxyl groups is 1. The fourth-order valence-corrected chi connectivity index (χ4v) is 2.59. The van der Waals surface area contributed by atoms with Gasteiger partial charge in [0.2, 0.25) is 5.75 Å². The largest absolute Gasteiger partial charge is 0.502 e. The summed E-state index contributed by atoms with van der Waals surface area (Å²) in [6, 6.07) is 11.2. The lowest BCUT2D eigenvalue weighted by Gasteiger charge is -2.06. The van der Waals surface area contributed by atoms with Crippen LogP contribution in [0, 0.1) is 10.1 Å². The lowest BCUT2D eigenvalue weighted by molar-refractivity contribution is -0.385. The van der Waals surface area contributed by atoms with Gasteiger partial charge < -0.3 is 9.84 Å². The van der Waals surface area contributed by atoms with Crippen molar-refractivity contribution >= 4 is 17.8 Å². The van der Waals surface area contributed by atoms with E-state index in [0.717, 1.165) is 17.8 Å². The number of nitrogens with zero attached hydrogens (tertiary/aromatic N) is 4. The summed E-state index contributed by atoms with van der Waals surface area (Å²) in [6.07, 6.45) is 4.59. The van der Waals surface area contributed by atoms with Crippen LogP contribution >= 0.6 is 0 Å². The lowest BCUT2D eigenvalue weighted by atomic mass is 10.1. The maximum atomic E-state index is 12.3. The Hall–Kier alpha value is -4.21. The van der Waals surface area contributed by atoms with Gasteiger partial charge in [-0.1, -0.05) is 12.1 Å². The second-order valence-electron chi connectivity index (χ2n) is 5.94. The molecule has 0 radical (unpaired) electrons. The Labute approximate surface area is 165 Å². The lowest BCUT2D eigenvalue weighted by Crippen LogP contribution is -2.18. The van der Waals surface area contributed by atoms with E-state index in [1.807, 2.05) is 18.3 Å². The molecule has 10 heteroatoms. The van der Waals surface area contributed by atoms with E-state index in [1.54, 1.807) is 29.1 Å². The molecule has 0 bridgehead atoms. The number of phenols is 1. The van der Waals surface area contributed by atoms with Crippen molar-refractivity contribution in [1.29, 1.82) is 0 Å². The zero-order chi connectivity index (χ0) is 20.8. The van der Waals surface area contributed by atoms with Gasteiger partial charge in [0.25, 0.3) is 5.91 Å². The van der Waals surface area contributed by atoms with Crippen LogP contribution in [0.1, 0.15) is 21.5 Å². The molecule has 1 amide bonds. The number of hydrogen-bond donors (Lipinski definition) is 2. The number of amides is 1. The number of hydrazone groups is 1. The summed E-state index contributed by atoms with van der Waals surface area (Å²) in [6.45, 7) is 0.513. The number of aromatic nitrogens is 2. The molecule has 0 unspecified atom stereocenters. The molecule has 0 aliphatic heterocycles. The predicted molar refractivity (Wildman–Crippen MR) is 104 cm³/mol. The molecule has 0 aliphatic carbocycles. The highest BCUT2D eigenvalue weighted by molar-refractivity contribution is 5.95. The molecule has 3 rings (SSSR count). The number of nitrogens with one attached hydrogen (secondary N) is 1. The van der Waals surface area contributed by atoms with E-state index >= 15 is 0 Å². The Bertz CT molecular complexity index is 1060. The van der Waals surface area contributed by atoms with Gasteiger partial charge in [0.05, 0.1) is 30.9 Å². The molecular formula is C19H17N5O5. The smallest absolute Gasteiger partial charge is 0.315 e. The summed E-state index contributed by atoms with van der Waals surface area (Å²) in [5.41, 5.74) is 3.10. The first-order valence-electron chi connectivity index (χ1n) is 8.43. The van der Waals surface area contributed by atoms with Crippen LogP contribution in [-0.4, -0.2) is 39.0 Å². The minimum absolute atomic E-state index is 0.0313. The molecule has 10 nitrogen and oxygen atoms in total. The topological polar surface area (TPSA) is 132 Å². The highest BCUT2D eigenvalue weighted by Crippen LogP contribution is 2.33. The predicted octanol–water partition coefficient (Wildman–Crippen LogP) is 2.32. The quantitative estimate of drug-likeness (QED) is 0.358. The Kier molecular flexibility index (Phi) is 5.83. The maximum Gasteiger partial charge on any atom is 0.315 e. The molecule has 148 valence electrons. The molecule has 3 aromatic rings. The van der Waals surface area contributed by atoms with Gasteiger partial charge in [0.15, 0.2) is 0 Å². The van der Waals surface area contributed by atoms with Crippen molar-refractivity contribution in [3.63, 3.8) is 0 Å². The number of carbonyl (C=O) groups excluding carboxylic acids is 1. The number of nitro benzene ring substituents is 1. The molecule has 0 spiro atoms. The summed E-state index contributed by atoms with van der Waals surface area (Å²) in [7, 11) is 1.34. The van der Waals surface area contributed by atoms with E-state index in [-0.39, 0.29) is 11.3 Å². The maximum absolute atomic E-state index is 12.3. The van der Waals surface area contributed by atoms with Gasteiger partial charge in [-0.15, -0.1) is 0 Å². The number of ether oxygens (including phenoxy) is 1. The molecule has 0 aliphatic rings. The van der Waals surface area contributed by atoms with Crippen LogP contribution in [0.4, 0.5) is 5.69 Å². The second-order valence-corrected chi connectivity index (χ2v) is 5.94. The monoisotopic (exact) mass is 395 g/mol. The number of methoxy groups -OCH3 is 1. The van der Waals surface area contributed by atoms with Crippen LogP contribution in [0.2, 0.25) is 0 Å². The average Bonchev–Trinajstić information content (AvgIpc) is 3.22. The molecule has 0 saturated carbocycles. The Morgan fingerprint density at radius 2 is 2.21 bits per heavy atom. The Morgan fingerprint density at radius 3 is 2.90 bits per heavy atom. The van der Waals surface area contributed by atoms with Gasteiger partial charge in [0, 0.05) is 23.5 Å². The Balaban J connectivity index is 1.73. The number of phenolic OH excluding ortho intramolecular Hbond substituents is 1. The van der Waals surface area contributed by atoms with Gasteiger partial charge >= 0.3 is 5.69 Å². The van der Waals surface area contributed by atoms with Gasteiger partial charge in [-0.25, -0.2) is 5.43 Å². The number of nitro groups is 1. The first kappa shape index (κ1) is 19.5. The number of rotatable bonds is 7. The summed E-state index contributed by atoms with van der Waals surface area (Å²) in [4.78, 5) is 22.6. The minimum Gasteiger partial charge on any atom is -0.502 e. The van der Waals surface area contributed by atoms with Gasteiger partial charge in [-0.2, -0.15) is 10.2 Å².